The second-order valence-electron chi connectivity index (χ2n) is 4.58. The molecule has 3 N–H and O–H groups in total. The standard InChI is InChI=1S/C15H15BrN2O4/c16-11-5-1-2-6-12(11)18-15(21)13(8-14(19)20)17-9-10-4-3-7-22-10/h1-7,13,17H,8-9H2,(H,18,21)(H,19,20)/t13-/m0/s1. The first-order valence-electron chi connectivity index (χ1n) is 6.59. The molecule has 0 bridgehead atoms. The molecule has 0 aliphatic rings. The number of halogens is 1. The van der Waals surface area contributed by atoms with Crippen molar-refractivity contribution in [2.45, 2.75) is 19.0 Å². The number of aliphatic carboxylic acids is 1. The van der Waals surface area contributed by atoms with Crippen molar-refractivity contribution < 1.29 is 19.1 Å². The topological polar surface area (TPSA) is 91.6 Å². The molecule has 0 aliphatic heterocycles. The molecule has 2 aromatic rings. The Bertz CT molecular complexity index is 643. The molecule has 2 rings (SSSR count). The van der Waals surface area contributed by atoms with E-state index in [0.717, 1.165) is 4.47 Å². The van der Waals surface area contributed by atoms with Crippen LogP contribution in [0.5, 0.6) is 0 Å². The molecule has 1 atom stereocenters. The number of carbonyl (C=O) groups is 2. The van der Waals surface area contributed by atoms with E-state index in [1.807, 2.05) is 6.07 Å². The molecule has 0 aliphatic carbocycles. The van der Waals surface area contributed by atoms with Crippen molar-refractivity contribution in [1.82, 2.24) is 5.32 Å². The molecule has 7 heteroatoms. The zero-order chi connectivity index (χ0) is 15.9. The van der Waals surface area contributed by atoms with Crippen LogP contribution in [0.4, 0.5) is 5.69 Å². The lowest BCUT2D eigenvalue weighted by atomic mass is 10.1. The number of nitrogens with one attached hydrogen (secondary N) is 2. The fraction of sp³-hybridized carbons (Fsp3) is 0.200. The van der Waals surface area contributed by atoms with Crippen LogP contribution in [0, 0.1) is 0 Å². The number of rotatable bonds is 7. The van der Waals surface area contributed by atoms with Crippen molar-refractivity contribution in [3.8, 4) is 0 Å². The average Bonchev–Trinajstić information content (AvgIpc) is 2.98. The maximum absolute atomic E-state index is 12.3. The number of carboxylic acids is 1. The second kappa shape index (κ2) is 7.77. The Morgan fingerprint density at radius 2 is 2.00 bits per heavy atom. The van der Waals surface area contributed by atoms with E-state index in [1.165, 1.54) is 6.26 Å². The van der Waals surface area contributed by atoms with Gasteiger partial charge in [0.05, 0.1) is 31.0 Å². The first kappa shape index (κ1) is 16.3. The van der Waals surface area contributed by atoms with Gasteiger partial charge in [-0.05, 0) is 40.2 Å². The van der Waals surface area contributed by atoms with Crippen LogP contribution >= 0.6 is 15.9 Å². The van der Waals surface area contributed by atoms with Gasteiger partial charge >= 0.3 is 5.97 Å². The van der Waals surface area contributed by atoms with E-state index in [0.29, 0.717) is 11.4 Å². The normalized spacial score (nSPS) is 11.9. The first-order chi connectivity index (χ1) is 10.6. The summed E-state index contributed by atoms with van der Waals surface area (Å²) in [5.41, 5.74) is 0.586. The van der Waals surface area contributed by atoms with Crippen LogP contribution in [0.3, 0.4) is 0 Å². The number of furan rings is 1. The minimum atomic E-state index is -1.06. The van der Waals surface area contributed by atoms with Gasteiger partial charge in [0.25, 0.3) is 0 Å². The van der Waals surface area contributed by atoms with Gasteiger partial charge in [0.1, 0.15) is 5.76 Å². The fourth-order valence-electron chi connectivity index (χ4n) is 1.85. The highest BCUT2D eigenvalue weighted by Gasteiger charge is 2.22. The zero-order valence-corrected chi connectivity index (χ0v) is 13.2. The third-order valence-electron chi connectivity index (χ3n) is 2.93. The SMILES string of the molecule is O=C(O)C[C@H](NCc1ccco1)C(=O)Nc1ccccc1Br. The summed E-state index contributed by atoms with van der Waals surface area (Å²) in [5, 5.41) is 14.6. The Kier molecular flexibility index (Phi) is 5.74. The molecular weight excluding hydrogens is 352 g/mol. The van der Waals surface area contributed by atoms with Gasteiger partial charge in [-0.2, -0.15) is 0 Å². The number of carbonyl (C=O) groups excluding carboxylic acids is 1. The highest BCUT2D eigenvalue weighted by Crippen LogP contribution is 2.21. The third kappa shape index (κ3) is 4.71. The smallest absolute Gasteiger partial charge is 0.305 e. The lowest BCUT2D eigenvalue weighted by molar-refractivity contribution is -0.139. The van der Waals surface area contributed by atoms with Gasteiger partial charge in [0, 0.05) is 4.47 Å². The molecular formula is C15H15BrN2O4. The van der Waals surface area contributed by atoms with Gasteiger partial charge in [0.15, 0.2) is 0 Å². The first-order valence-corrected chi connectivity index (χ1v) is 7.38. The van der Waals surface area contributed by atoms with Crippen molar-refractivity contribution in [1.29, 1.82) is 0 Å². The van der Waals surface area contributed by atoms with Gasteiger partial charge in [-0.25, -0.2) is 0 Å². The van der Waals surface area contributed by atoms with E-state index in [4.69, 9.17) is 9.52 Å². The number of benzene rings is 1. The lowest BCUT2D eigenvalue weighted by Gasteiger charge is -2.16. The number of anilines is 1. The molecule has 1 aromatic carbocycles. The van der Waals surface area contributed by atoms with E-state index in [9.17, 15) is 9.59 Å². The molecule has 1 amide bonds. The van der Waals surface area contributed by atoms with Crippen molar-refractivity contribution in [3.63, 3.8) is 0 Å². The Morgan fingerprint density at radius 3 is 2.64 bits per heavy atom. The van der Waals surface area contributed by atoms with Gasteiger partial charge < -0.3 is 14.8 Å². The van der Waals surface area contributed by atoms with E-state index in [2.05, 4.69) is 26.6 Å². The van der Waals surface area contributed by atoms with Gasteiger partial charge in [0.2, 0.25) is 5.91 Å². The number of para-hydroxylation sites is 1. The second-order valence-corrected chi connectivity index (χ2v) is 5.43. The number of amides is 1. The molecule has 1 heterocycles. The van der Waals surface area contributed by atoms with Gasteiger partial charge in [-0.1, -0.05) is 12.1 Å². The monoisotopic (exact) mass is 366 g/mol. The Balaban J connectivity index is 2.02. The average molecular weight is 367 g/mol. The van der Waals surface area contributed by atoms with Crippen LogP contribution in [0.25, 0.3) is 0 Å². The maximum atomic E-state index is 12.3. The summed E-state index contributed by atoms with van der Waals surface area (Å²) in [4.78, 5) is 23.2. The molecule has 0 unspecified atom stereocenters. The van der Waals surface area contributed by atoms with Crippen LogP contribution in [-0.4, -0.2) is 23.0 Å². The van der Waals surface area contributed by atoms with Crippen molar-refractivity contribution in [3.05, 3.63) is 52.9 Å². The minimum absolute atomic E-state index is 0.272. The summed E-state index contributed by atoms with van der Waals surface area (Å²) in [6.07, 6.45) is 1.20. The van der Waals surface area contributed by atoms with Crippen LogP contribution < -0.4 is 10.6 Å². The molecule has 0 fully saturated rings. The predicted molar refractivity (Wildman–Crippen MR) is 84.4 cm³/mol. The summed E-state index contributed by atoms with van der Waals surface area (Å²) < 4.78 is 5.88. The quantitative estimate of drug-likeness (QED) is 0.700. The summed E-state index contributed by atoms with van der Waals surface area (Å²) in [5.74, 6) is -0.843. The molecule has 0 radical (unpaired) electrons. The number of hydrogen-bond donors (Lipinski definition) is 3. The largest absolute Gasteiger partial charge is 0.481 e. The summed E-state index contributed by atoms with van der Waals surface area (Å²) in [6.45, 7) is 0.272. The van der Waals surface area contributed by atoms with E-state index < -0.39 is 17.9 Å². The van der Waals surface area contributed by atoms with E-state index in [1.54, 1.807) is 30.3 Å². The van der Waals surface area contributed by atoms with E-state index >= 15 is 0 Å². The molecule has 0 saturated carbocycles. The van der Waals surface area contributed by atoms with Crippen LogP contribution in [0.1, 0.15) is 12.2 Å². The lowest BCUT2D eigenvalue weighted by Crippen LogP contribution is -2.41. The van der Waals surface area contributed by atoms with Gasteiger partial charge in [-0.3, -0.25) is 14.9 Å². The molecule has 116 valence electrons. The molecule has 0 saturated heterocycles. The highest BCUT2D eigenvalue weighted by atomic mass is 79.9. The highest BCUT2D eigenvalue weighted by molar-refractivity contribution is 9.10. The minimum Gasteiger partial charge on any atom is -0.481 e. The van der Waals surface area contributed by atoms with Gasteiger partial charge in [-0.15, -0.1) is 0 Å². The fourth-order valence-corrected chi connectivity index (χ4v) is 2.24. The molecule has 6 nitrogen and oxygen atoms in total. The summed E-state index contributed by atoms with van der Waals surface area (Å²) >= 11 is 3.33. The van der Waals surface area contributed by atoms with Crippen molar-refractivity contribution in [2.24, 2.45) is 0 Å². The number of carboxylic acid groups (broad SMARTS) is 1. The predicted octanol–water partition coefficient (Wildman–Crippen LogP) is 2.61. The summed E-state index contributed by atoms with van der Waals surface area (Å²) in [6, 6.07) is 9.73. The third-order valence-corrected chi connectivity index (χ3v) is 3.62. The Hall–Kier alpha value is -2.12. The Morgan fingerprint density at radius 1 is 1.23 bits per heavy atom. The molecule has 22 heavy (non-hydrogen) atoms. The Labute approximate surface area is 135 Å². The maximum Gasteiger partial charge on any atom is 0.305 e. The number of hydrogen-bond acceptors (Lipinski definition) is 4. The van der Waals surface area contributed by atoms with Crippen molar-refractivity contribution >= 4 is 33.5 Å². The zero-order valence-electron chi connectivity index (χ0n) is 11.6. The van der Waals surface area contributed by atoms with Crippen LogP contribution in [0.2, 0.25) is 0 Å². The van der Waals surface area contributed by atoms with E-state index in [-0.39, 0.29) is 13.0 Å². The van der Waals surface area contributed by atoms with Crippen molar-refractivity contribution in [2.75, 3.05) is 5.32 Å². The molecule has 1 aromatic heterocycles. The molecule has 0 spiro atoms. The van der Waals surface area contributed by atoms with Crippen LogP contribution in [0.15, 0.2) is 51.6 Å². The van der Waals surface area contributed by atoms with Crippen LogP contribution in [-0.2, 0) is 16.1 Å². The summed E-state index contributed by atoms with van der Waals surface area (Å²) in [7, 11) is 0.